The van der Waals surface area contributed by atoms with E-state index in [1.54, 1.807) is 0 Å². The van der Waals surface area contributed by atoms with Gasteiger partial charge in [0.05, 0.1) is 0 Å². The summed E-state index contributed by atoms with van der Waals surface area (Å²) in [6, 6.07) is 0.583. The first-order chi connectivity index (χ1) is 1.89. The molecule has 0 aromatic rings. The average Bonchev–Trinajstić information content (AvgIpc) is 1.75. The summed E-state index contributed by atoms with van der Waals surface area (Å²) < 4.78 is 0. The van der Waals surface area contributed by atoms with Gasteiger partial charge < -0.3 is 5.73 Å². The van der Waals surface area contributed by atoms with Crippen molar-refractivity contribution in [2.45, 2.75) is 18.9 Å². The zero-order valence-corrected chi connectivity index (χ0v) is 3.79. The monoisotopic (exact) mass is 93.0 g/mol. The molecule has 1 aliphatic carbocycles. The van der Waals surface area contributed by atoms with E-state index in [-0.39, 0.29) is 12.4 Å². The molecule has 0 amide bonds. The molecule has 1 nitrogen and oxygen atoms in total. The molecule has 0 heterocycles. The Morgan fingerprint density at radius 1 is 1.40 bits per heavy atom. The first-order valence-corrected chi connectivity index (χ1v) is 1.65. The first kappa shape index (κ1) is 5.25. The smallest absolute Gasteiger partial charge is 0.00399 e. The Balaban J connectivity index is 0.000000160. The Bertz CT molecular complexity index is 26.1. The highest BCUT2D eigenvalue weighted by molar-refractivity contribution is 5.85. The van der Waals surface area contributed by atoms with Crippen LogP contribution in [0.5, 0.6) is 0 Å². The second kappa shape index (κ2) is 1.63. The van der Waals surface area contributed by atoms with Gasteiger partial charge in [0, 0.05) is 6.04 Å². The molecular weight excluding hydrogens is 85.5 g/mol. The SMILES string of the molecule is Cl.NC1CC1. The predicted molar refractivity (Wildman–Crippen MR) is 24.5 cm³/mol. The summed E-state index contributed by atoms with van der Waals surface area (Å²) in [6.07, 6.45) is 2.53. The Labute approximate surface area is 38.0 Å². The lowest BCUT2D eigenvalue weighted by Gasteiger charge is -1.58. The molecule has 0 aliphatic heterocycles. The van der Waals surface area contributed by atoms with Gasteiger partial charge >= 0.3 is 0 Å². The van der Waals surface area contributed by atoms with Crippen molar-refractivity contribution < 1.29 is 0 Å². The molecule has 0 atom stereocenters. The van der Waals surface area contributed by atoms with Crippen molar-refractivity contribution in [2.75, 3.05) is 0 Å². The highest BCUT2D eigenvalue weighted by Crippen LogP contribution is 2.13. The highest BCUT2D eigenvalue weighted by Gasteiger charge is 2.13. The molecular formula is C3H8ClN. The number of nitrogens with two attached hydrogens (primary N) is 1. The molecule has 0 saturated heterocycles. The zero-order chi connectivity index (χ0) is 2.99. The van der Waals surface area contributed by atoms with E-state index in [9.17, 15) is 0 Å². The Kier molecular flexibility index (Phi) is 1.71. The molecule has 0 unspecified atom stereocenters. The Morgan fingerprint density at radius 3 is 1.60 bits per heavy atom. The van der Waals surface area contributed by atoms with Crippen LogP contribution in [0.4, 0.5) is 0 Å². The maximum Gasteiger partial charge on any atom is 0.00399 e. The van der Waals surface area contributed by atoms with Gasteiger partial charge in [0.15, 0.2) is 0 Å². The molecule has 0 spiro atoms. The maximum absolute atomic E-state index is 5.22. The van der Waals surface area contributed by atoms with Gasteiger partial charge in [0.1, 0.15) is 0 Å². The Morgan fingerprint density at radius 2 is 1.60 bits per heavy atom. The number of hydrogen-bond acceptors (Lipinski definition) is 1. The quantitative estimate of drug-likeness (QED) is 0.465. The van der Waals surface area contributed by atoms with Crippen molar-refractivity contribution in [1.29, 1.82) is 0 Å². The summed E-state index contributed by atoms with van der Waals surface area (Å²) in [4.78, 5) is 0. The lowest BCUT2D eigenvalue weighted by atomic mass is 10.8. The van der Waals surface area contributed by atoms with E-state index in [1.165, 1.54) is 12.8 Å². The van der Waals surface area contributed by atoms with E-state index < -0.39 is 0 Å². The fourth-order valence-electron chi connectivity index (χ4n) is 0.0962. The van der Waals surface area contributed by atoms with Crippen molar-refractivity contribution >= 4 is 12.4 Å². The normalized spacial score (nSPS) is 21.0. The van der Waals surface area contributed by atoms with Crippen LogP contribution in [0.2, 0.25) is 0 Å². The third-order valence-electron chi connectivity index (χ3n) is 0.622. The summed E-state index contributed by atoms with van der Waals surface area (Å²) in [5.41, 5.74) is 5.22. The lowest BCUT2D eigenvalue weighted by molar-refractivity contribution is 1.07. The van der Waals surface area contributed by atoms with Crippen LogP contribution in [-0.4, -0.2) is 6.04 Å². The lowest BCUT2D eigenvalue weighted by Crippen LogP contribution is -1.94. The molecule has 5 heavy (non-hydrogen) atoms. The van der Waals surface area contributed by atoms with E-state index in [0.717, 1.165) is 0 Å². The van der Waals surface area contributed by atoms with Crippen molar-refractivity contribution in [3.63, 3.8) is 0 Å². The second-order valence-electron chi connectivity index (χ2n) is 1.34. The summed E-state index contributed by atoms with van der Waals surface area (Å²) in [7, 11) is 0. The molecule has 0 bridgehead atoms. The number of hydrogen-bond donors (Lipinski definition) is 1. The van der Waals surface area contributed by atoms with Gasteiger partial charge in [0.2, 0.25) is 0 Å². The molecule has 0 aromatic carbocycles. The Hall–Kier alpha value is 0.250. The second-order valence-corrected chi connectivity index (χ2v) is 1.34. The molecule has 1 rings (SSSR count). The molecule has 1 saturated carbocycles. The summed E-state index contributed by atoms with van der Waals surface area (Å²) in [6.45, 7) is 0. The van der Waals surface area contributed by atoms with Gasteiger partial charge in [-0.15, -0.1) is 12.4 Å². The van der Waals surface area contributed by atoms with Gasteiger partial charge in [-0.25, -0.2) is 0 Å². The highest BCUT2D eigenvalue weighted by atomic mass is 35.5. The van der Waals surface area contributed by atoms with Gasteiger partial charge in [-0.05, 0) is 12.8 Å². The molecule has 1 fully saturated rings. The topological polar surface area (TPSA) is 26.0 Å². The van der Waals surface area contributed by atoms with Crippen LogP contribution < -0.4 is 5.73 Å². The van der Waals surface area contributed by atoms with Crippen LogP contribution in [0.15, 0.2) is 0 Å². The number of rotatable bonds is 0. The van der Waals surface area contributed by atoms with Crippen LogP contribution in [0.3, 0.4) is 0 Å². The largest absolute Gasteiger partial charge is 0.328 e. The third kappa shape index (κ3) is 2.04. The molecule has 1 aliphatic rings. The summed E-state index contributed by atoms with van der Waals surface area (Å²) >= 11 is 0. The molecule has 2 heteroatoms. The molecule has 0 aromatic heterocycles. The predicted octanol–water partition coefficient (Wildman–Crippen LogP) is 0.529. The van der Waals surface area contributed by atoms with Crippen LogP contribution in [-0.2, 0) is 0 Å². The fourth-order valence-corrected chi connectivity index (χ4v) is 0.0962. The van der Waals surface area contributed by atoms with E-state index >= 15 is 0 Å². The van der Waals surface area contributed by atoms with Crippen molar-refractivity contribution in [3.05, 3.63) is 0 Å². The van der Waals surface area contributed by atoms with E-state index in [0.29, 0.717) is 6.04 Å². The van der Waals surface area contributed by atoms with Crippen LogP contribution in [0, 0.1) is 0 Å². The zero-order valence-electron chi connectivity index (χ0n) is 2.98. The van der Waals surface area contributed by atoms with Gasteiger partial charge in [0.25, 0.3) is 0 Å². The maximum atomic E-state index is 5.22. The van der Waals surface area contributed by atoms with Gasteiger partial charge in [-0.2, -0.15) is 0 Å². The third-order valence-corrected chi connectivity index (χ3v) is 0.622. The van der Waals surface area contributed by atoms with Crippen LogP contribution in [0.25, 0.3) is 0 Å². The summed E-state index contributed by atoms with van der Waals surface area (Å²) in [5.74, 6) is 0. The average molecular weight is 93.6 g/mol. The standard InChI is InChI=1S/C3H7N.ClH/c4-3-1-2-3;/h3H,1-2,4H2;1H. The molecule has 2 N–H and O–H groups in total. The minimum Gasteiger partial charge on any atom is -0.328 e. The van der Waals surface area contributed by atoms with Crippen molar-refractivity contribution in [3.8, 4) is 0 Å². The molecule has 0 radical (unpaired) electrons. The summed E-state index contributed by atoms with van der Waals surface area (Å²) in [5, 5.41) is 0. The van der Waals surface area contributed by atoms with Crippen molar-refractivity contribution in [1.82, 2.24) is 0 Å². The first-order valence-electron chi connectivity index (χ1n) is 1.65. The van der Waals surface area contributed by atoms with Crippen LogP contribution >= 0.6 is 12.4 Å². The van der Waals surface area contributed by atoms with E-state index in [2.05, 4.69) is 0 Å². The van der Waals surface area contributed by atoms with Gasteiger partial charge in [-0.1, -0.05) is 0 Å². The van der Waals surface area contributed by atoms with E-state index in [1.807, 2.05) is 0 Å². The van der Waals surface area contributed by atoms with E-state index in [4.69, 9.17) is 5.73 Å². The minimum absolute atomic E-state index is 0. The fraction of sp³-hybridized carbons (Fsp3) is 1.00. The number of halogens is 1. The minimum atomic E-state index is 0. The van der Waals surface area contributed by atoms with Gasteiger partial charge in [-0.3, -0.25) is 0 Å². The van der Waals surface area contributed by atoms with Crippen LogP contribution in [0.1, 0.15) is 12.8 Å². The molecule has 32 valence electrons. The van der Waals surface area contributed by atoms with Crippen molar-refractivity contribution in [2.24, 2.45) is 5.73 Å².